The molecule has 0 aliphatic heterocycles. The maximum atomic E-state index is 11.5. The Balaban J connectivity index is 2.21. The Labute approximate surface area is 105 Å². The summed E-state index contributed by atoms with van der Waals surface area (Å²) in [6.45, 7) is 2.59. The average Bonchev–Trinajstić information content (AvgIpc) is 2.29. The van der Waals surface area contributed by atoms with Crippen LogP contribution in [0, 0.1) is 6.92 Å². The molecule has 17 heavy (non-hydrogen) atoms. The van der Waals surface area contributed by atoms with Crippen molar-refractivity contribution < 1.29 is 9.53 Å². The lowest BCUT2D eigenvalue weighted by Gasteiger charge is -2.04. The van der Waals surface area contributed by atoms with Crippen LogP contribution in [0.4, 0.5) is 5.82 Å². The van der Waals surface area contributed by atoms with Crippen molar-refractivity contribution in [3.8, 4) is 0 Å². The summed E-state index contributed by atoms with van der Waals surface area (Å²) in [6, 6.07) is 1.74. The maximum Gasteiger partial charge on any atom is 0.235 e. The first-order chi connectivity index (χ1) is 8.22. The smallest absolute Gasteiger partial charge is 0.235 e. The van der Waals surface area contributed by atoms with Gasteiger partial charge in [-0.05, 0) is 19.1 Å². The molecule has 0 spiro atoms. The van der Waals surface area contributed by atoms with Crippen LogP contribution in [0.1, 0.15) is 12.1 Å². The number of carbonyl (C=O) groups excluding carboxylic acids is 1. The summed E-state index contributed by atoms with van der Waals surface area (Å²) in [6.07, 6.45) is 2.40. The second-order valence-corrected chi connectivity index (χ2v) is 4.60. The minimum atomic E-state index is -0.0366. The van der Waals surface area contributed by atoms with Crippen LogP contribution in [0.25, 0.3) is 0 Å². The van der Waals surface area contributed by atoms with Gasteiger partial charge in [0.1, 0.15) is 12.1 Å². The zero-order chi connectivity index (χ0) is 12.5. The molecule has 1 aromatic rings. The predicted octanol–water partition coefficient (Wildman–Crippen LogP) is 1.49. The molecule has 1 rings (SSSR count). The monoisotopic (exact) mass is 255 g/mol. The summed E-state index contributed by atoms with van der Waals surface area (Å²) in [5, 5.41) is 2.73. The Hall–Kier alpha value is -1.14. The molecule has 0 radical (unpaired) electrons. The van der Waals surface area contributed by atoms with Crippen molar-refractivity contribution in [1.82, 2.24) is 9.97 Å². The third-order valence-electron chi connectivity index (χ3n) is 1.94. The summed E-state index contributed by atoms with van der Waals surface area (Å²) >= 11 is 1.59. The zero-order valence-corrected chi connectivity index (χ0v) is 10.9. The lowest BCUT2D eigenvalue weighted by Crippen LogP contribution is -2.15. The highest BCUT2D eigenvalue weighted by Crippen LogP contribution is 2.06. The van der Waals surface area contributed by atoms with Crippen molar-refractivity contribution >= 4 is 23.5 Å². The van der Waals surface area contributed by atoms with Crippen LogP contribution in [0.3, 0.4) is 0 Å². The van der Waals surface area contributed by atoms with Crippen LogP contribution in [-0.2, 0) is 9.53 Å². The Morgan fingerprint density at radius 2 is 2.35 bits per heavy atom. The van der Waals surface area contributed by atoms with Crippen molar-refractivity contribution in [3.63, 3.8) is 0 Å². The Morgan fingerprint density at radius 3 is 3.06 bits per heavy atom. The van der Waals surface area contributed by atoms with E-state index in [0.29, 0.717) is 11.6 Å². The van der Waals surface area contributed by atoms with Gasteiger partial charge in [0.25, 0.3) is 0 Å². The highest BCUT2D eigenvalue weighted by molar-refractivity contribution is 7.99. The number of methoxy groups -OCH3 is 1. The third-order valence-corrected chi connectivity index (χ3v) is 2.99. The fourth-order valence-corrected chi connectivity index (χ4v) is 1.90. The van der Waals surface area contributed by atoms with E-state index in [-0.39, 0.29) is 5.91 Å². The first kappa shape index (κ1) is 13.9. The molecule has 0 aromatic carbocycles. The van der Waals surface area contributed by atoms with Crippen molar-refractivity contribution in [2.24, 2.45) is 0 Å². The molecule has 1 heterocycles. The van der Waals surface area contributed by atoms with E-state index in [0.717, 1.165) is 24.5 Å². The van der Waals surface area contributed by atoms with Gasteiger partial charge in [-0.2, -0.15) is 11.8 Å². The van der Waals surface area contributed by atoms with Gasteiger partial charge in [0.2, 0.25) is 5.91 Å². The number of nitrogens with zero attached hydrogens (tertiary/aromatic N) is 2. The normalized spacial score (nSPS) is 10.2. The van der Waals surface area contributed by atoms with Gasteiger partial charge < -0.3 is 10.1 Å². The number of amides is 1. The first-order valence-corrected chi connectivity index (χ1v) is 6.53. The van der Waals surface area contributed by atoms with Crippen LogP contribution in [-0.4, -0.2) is 41.1 Å². The lowest BCUT2D eigenvalue weighted by molar-refractivity contribution is -0.113. The second-order valence-electron chi connectivity index (χ2n) is 3.49. The summed E-state index contributed by atoms with van der Waals surface area (Å²) in [5.41, 5.74) is 0.836. The van der Waals surface area contributed by atoms with E-state index in [2.05, 4.69) is 15.3 Å². The van der Waals surface area contributed by atoms with E-state index in [1.165, 1.54) is 6.33 Å². The minimum Gasteiger partial charge on any atom is -0.385 e. The number of carbonyl (C=O) groups is 1. The van der Waals surface area contributed by atoms with Gasteiger partial charge in [-0.15, -0.1) is 0 Å². The minimum absolute atomic E-state index is 0.0366. The predicted molar refractivity (Wildman–Crippen MR) is 69.2 cm³/mol. The van der Waals surface area contributed by atoms with Gasteiger partial charge in [0.05, 0.1) is 5.75 Å². The second kappa shape index (κ2) is 8.03. The third kappa shape index (κ3) is 6.23. The van der Waals surface area contributed by atoms with Gasteiger partial charge in [-0.25, -0.2) is 9.97 Å². The molecular weight excluding hydrogens is 238 g/mol. The van der Waals surface area contributed by atoms with Crippen LogP contribution in [0.15, 0.2) is 12.4 Å². The first-order valence-electron chi connectivity index (χ1n) is 5.37. The number of thioether (sulfide) groups is 1. The Bertz CT molecular complexity index is 360. The fraction of sp³-hybridized carbons (Fsp3) is 0.545. The highest BCUT2D eigenvalue weighted by atomic mass is 32.2. The zero-order valence-electron chi connectivity index (χ0n) is 10.1. The molecule has 0 unspecified atom stereocenters. The number of nitrogens with one attached hydrogen (secondary N) is 1. The van der Waals surface area contributed by atoms with Crippen molar-refractivity contribution in [2.45, 2.75) is 13.3 Å². The topological polar surface area (TPSA) is 64.1 Å². The summed E-state index contributed by atoms with van der Waals surface area (Å²) in [5.74, 6) is 1.88. The number of aromatic nitrogens is 2. The number of aryl methyl sites for hydroxylation is 1. The van der Waals surface area contributed by atoms with Crippen molar-refractivity contribution in [2.75, 3.05) is 30.5 Å². The van der Waals surface area contributed by atoms with Crippen molar-refractivity contribution in [1.29, 1.82) is 0 Å². The maximum absolute atomic E-state index is 11.5. The number of hydrogen-bond acceptors (Lipinski definition) is 5. The number of ether oxygens (including phenoxy) is 1. The molecule has 6 heteroatoms. The van der Waals surface area contributed by atoms with E-state index < -0.39 is 0 Å². The standard InChI is InChI=1S/C11H17N3O2S/c1-9-6-10(13-8-12-9)14-11(15)7-17-5-3-4-16-2/h6,8H,3-5,7H2,1-2H3,(H,12,13,14,15). The van der Waals surface area contributed by atoms with Crippen LogP contribution in [0.2, 0.25) is 0 Å². The molecule has 0 saturated carbocycles. The average molecular weight is 255 g/mol. The molecule has 1 N–H and O–H groups in total. The van der Waals surface area contributed by atoms with Gasteiger partial charge >= 0.3 is 0 Å². The van der Waals surface area contributed by atoms with Crippen molar-refractivity contribution in [3.05, 3.63) is 18.1 Å². The largest absolute Gasteiger partial charge is 0.385 e. The molecule has 94 valence electrons. The van der Waals surface area contributed by atoms with Gasteiger partial charge in [-0.3, -0.25) is 4.79 Å². The molecule has 0 saturated heterocycles. The molecule has 1 amide bonds. The Kier molecular flexibility index (Phi) is 6.57. The summed E-state index contributed by atoms with van der Waals surface area (Å²) < 4.78 is 4.93. The molecule has 5 nitrogen and oxygen atoms in total. The number of anilines is 1. The lowest BCUT2D eigenvalue weighted by atomic mass is 10.4. The highest BCUT2D eigenvalue weighted by Gasteiger charge is 2.03. The SMILES string of the molecule is COCCCSCC(=O)Nc1cc(C)ncn1. The van der Waals surface area contributed by atoms with Gasteiger partial charge in [0.15, 0.2) is 0 Å². The summed E-state index contributed by atoms with van der Waals surface area (Å²) in [7, 11) is 1.68. The van der Waals surface area contributed by atoms with Crippen LogP contribution >= 0.6 is 11.8 Å². The van der Waals surface area contributed by atoms with E-state index in [4.69, 9.17) is 4.74 Å². The molecule has 0 fully saturated rings. The Morgan fingerprint density at radius 1 is 1.53 bits per heavy atom. The molecule has 0 aliphatic rings. The molecule has 0 aliphatic carbocycles. The van der Waals surface area contributed by atoms with Crippen LogP contribution < -0.4 is 5.32 Å². The molecular formula is C11H17N3O2S. The number of rotatable bonds is 7. The number of hydrogen-bond donors (Lipinski definition) is 1. The van der Waals surface area contributed by atoms with Crippen LogP contribution in [0.5, 0.6) is 0 Å². The quantitative estimate of drug-likeness (QED) is 0.748. The molecule has 0 atom stereocenters. The van der Waals surface area contributed by atoms with E-state index in [1.54, 1.807) is 24.9 Å². The molecule has 1 aromatic heterocycles. The van der Waals surface area contributed by atoms with Gasteiger partial charge in [0, 0.05) is 25.5 Å². The fourth-order valence-electron chi connectivity index (χ4n) is 1.17. The van der Waals surface area contributed by atoms with E-state index in [9.17, 15) is 4.79 Å². The van der Waals surface area contributed by atoms with E-state index in [1.807, 2.05) is 6.92 Å². The molecule has 0 bridgehead atoms. The van der Waals surface area contributed by atoms with Gasteiger partial charge in [-0.1, -0.05) is 0 Å². The van der Waals surface area contributed by atoms with E-state index >= 15 is 0 Å². The summed E-state index contributed by atoms with van der Waals surface area (Å²) in [4.78, 5) is 19.5.